The number of benzene rings is 1. The van der Waals surface area contributed by atoms with Crippen LogP contribution in [0.4, 0.5) is 4.79 Å². The van der Waals surface area contributed by atoms with E-state index in [1.807, 2.05) is 25.7 Å². The van der Waals surface area contributed by atoms with Crippen molar-refractivity contribution < 1.29 is 9.32 Å². The average Bonchev–Trinajstić information content (AvgIpc) is 3.35. The molecule has 7 heteroatoms. The molecule has 2 aromatic rings. The number of urea groups is 1. The fourth-order valence-electron chi connectivity index (χ4n) is 4.08. The number of nitrogens with zero attached hydrogens (tertiary/aromatic N) is 4. The number of fused-ring (bicyclic) bond motifs is 1. The Kier molecular flexibility index (Phi) is 5.35. The predicted molar refractivity (Wildman–Crippen MR) is 106 cm³/mol. The maximum absolute atomic E-state index is 12.6. The second-order valence-corrected chi connectivity index (χ2v) is 8.17. The summed E-state index contributed by atoms with van der Waals surface area (Å²) in [7, 11) is 0. The molecule has 1 saturated heterocycles. The van der Waals surface area contributed by atoms with Gasteiger partial charge in [-0.25, -0.2) is 4.79 Å². The molecule has 0 unspecified atom stereocenters. The lowest BCUT2D eigenvalue weighted by molar-refractivity contribution is 0.109. The SMILES string of the molecule is CC(C)c1noc([C@H](C)NC(=O)N2CCN(C3Cc4ccccc4C3)CC2)n1. The van der Waals surface area contributed by atoms with Crippen molar-refractivity contribution in [3.63, 3.8) is 0 Å². The molecule has 0 bridgehead atoms. The van der Waals surface area contributed by atoms with Crippen LogP contribution in [0.1, 0.15) is 55.6 Å². The highest BCUT2D eigenvalue weighted by Gasteiger charge is 2.31. The number of hydrogen-bond acceptors (Lipinski definition) is 5. The van der Waals surface area contributed by atoms with E-state index in [-0.39, 0.29) is 18.0 Å². The summed E-state index contributed by atoms with van der Waals surface area (Å²) in [5.41, 5.74) is 2.95. The summed E-state index contributed by atoms with van der Waals surface area (Å²) < 4.78 is 5.29. The average molecular weight is 383 g/mol. The lowest BCUT2D eigenvalue weighted by Gasteiger charge is -2.38. The molecule has 1 N–H and O–H groups in total. The van der Waals surface area contributed by atoms with Crippen molar-refractivity contribution in [1.82, 2.24) is 25.3 Å². The van der Waals surface area contributed by atoms with Crippen LogP contribution in [0.25, 0.3) is 0 Å². The first kappa shape index (κ1) is 18.9. The first-order valence-electron chi connectivity index (χ1n) is 10.2. The number of nitrogens with one attached hydrogen (secondary N) is 1. The molecule has 0 spiro atoms. The zero-order valence-corrected chi connectivity index (χ0v) is 16.9. The summed E-state index contributed by atoms with van der Waals surface area (Å²) in [5.74, 6) is 1.33. The lowest BCUT2D eigenvalue weighted by atomic mass is 10.1. The second-order valence-electron chi connectivity index (χ2n) is 8.17. The first-order valence-corrected chi connectivity index (χ1v) is 10.2. The van der Waals surface area contributed by atoms with Gasteiger partial charge in [0.1, 0.15) is 6.04 Å². The summed E-state index contributed by atoms with van der Waals surface area (Å²) in [6, 6.07) is 8.93. The Bertz CT molecular complexity index is 801. The number of carbonyl (C=O) groups is 1. The zero-order valence-electron chi connectivity index (χ0n) is 16.9. The highest BCUT2D eigenvalue weighted by atomic mass is 16.5. The quantitative estimate of drug-likeness (QED) is 0.879. The molecule has 2 aliphatic rings. The number of aromatic nitrogens is 2. The van der Waals surface area contributed by atoms with Gasteiger partial charge in [-0.3, -0.25) is 4.90 Å². The van der Waals surface area contributed by atoms with Gasteiger partial charge >= 0.3 is 6.03 Å². The van der Waals surface area contributed by atoms with Crippen LogP contribution in [0.3, 0.4) is 0 Å². The molecular formula is C21H29N5O2. The summed E-state index contributed by atoms with van der Waals surface area (Å²) in [5, 5.41) is 6.96. The van der Waals surface area contributed by atoms with E-state index in [4.69, 9.17) is 4.52 Å². The molecule has 2 amide bonds. The van der Waals surface area contributed by atoms with Crippen molar-refractivity contribution in [2.24, 2.45) is 0 Å². The van der Waals surface area contributed by atoms with E-state index < -0.39 is 0 Å². The number of piperazine rings is 1. The van der Waals surface area contributed by atoms with E-state index >= 15 is 0 Å². The molecule has 1 aromatic heterocycles. The van der Waals surface area contributed by atoms with E-state index in [1.165, 1.54) is 11.1 Å². The molecule has 7 nitrogen and oxygen atoms in total. The van der Waals surface area contributed by atoms with Gasteiger partial charge in [0, 0.05) is 38.1 Å². The van der Waals surface area contributed by atoms with Crippen LogP contribution in [-0.4, -0.2) is 58.2 Å². The molecule has 1 aliphatic heterocycles. The Morgan fingerprint density at radius 3 is 2.32 bits per heavy atom. The Labute approximate surface area is 166 Å². The number of hydrogen-bond donors (Lipinski definition) is 1. The molecule has 1 aromatic carbocycles. The van der Waals surface area contributed by atoms with Gasteiger partial charge in [0.2, 0.25) is 5.89 Å². The molecule has 4 rings (SSSR count). The molecule has 1 atom stereocenters. The first-order chi connectivity index (χ1) is 13.5. The predicted octanol–water partition coefficient (Wildman–Crippen LogP) is 2.75. The zero-order chi connectivity index (χ0) is 19.7. The monoisotopic (exact) mass is 383 g/mol. The van der Waals surface area contributed by atoms with Crippen LogP contribution in [0.15, 0.2) is 28.8 Å². The van der Waals surface area contributed by atoms with Crippen LogP contribution in [0.5, 0.6) is 0 Å². The summed E-state index contributed by atoms with van der Waals surface area (Å²) in [4.78, 5) is 21.4. The normalized spacial score (nSPS) is 19.1. The van der Waals surface area contributed by atoms with Gasteiger partial charge in [-0.2, -0.15) is 4.98 Å². The minimum atomic E-state index is -0.296. The summed E-state index contributed by atoms with van der Waals surface area (Å²) in [6.07, 6.45) is 2.24. The maximum Gasteiger partial charge on any atom is 0.318 e. The van der Waals surface area contributed by atoms with Crippen molar-refractivity contribution in [2.75, 3.05) is 26.2 Å². The minimum Gasteiger partial charge on any atom is -0.337 e. The van der Waals surface area contributed by atoms with Gasteiger partial charge in [-0.05, 0) is 30.9 Å². The van der Waals surface area contributed by atoms with Crippen LogP contribution in [0, 0.1) is 0 Å². The van der Waals surface area contributed by atoms with Crippen LogP contribution in [-0.2, 0) is 12.8 Å². The van der Waals surface area contributed by atoms with Gasteiger partial charge in [-0.1, -0.05) is 43.3 Å². The second kappa shape index (κ2) is 7.91. The van der Waals surface area contributed by atoms with Crippen LogP contribution in [0.2, 0.25) is 0 Å². The lowest BCUT2D eigenvalue weighted by Crippen LogP contribution is -2.54. The van der Waals surface area contributed by atoms with Gasteiger partial charge < -0.3 is 14.7 Å². The Morgan fingerprint density at radius 1 is 1.11 bits per heavy atom. The third-order valence-electron chi connectivity index (χ3n) is 5.83. The molecule has 1 fully saturated rings. The van der Waals surface area contributed by atoms with Gasteiger partial charge in [0.15, 0.2) is 5.82 Å². The highest BCUT2D eigenvalue weighted by Crippen LogP contribution is 2.26. The van der Waals surface area contributed by atoms with E-state index in [1.54, 1.807) is 0 Å². The number of amides is 2. The Balaban J connectivity index is 1.27. The maximum atomic E-state index is 12.6. The third-order valence-corrected chi connectivity index (χ3v) is 5.83. The number of carbonyl (C=O) groups excluding carboxylic acids is 1. The summed E-state index contributed by atoms with van der Waals surface area (Å²) >= 11 is 0. The van der Waals surface area contributed by atoms with E-state index in [0.717, 1.165) is 39.0 Å². The van der Waals surface area contributed by atoms with Crippen molar-refractivity contribution >= 4 is 6.03 Å². The molecule has 28 heavy (non-hydrogen) atoms. The van der Waals surface area contributed by atoms with Crippen molar-refractivity contribution in [3.05, 3.63) is 47.1 Å². The topological polar surface area (TPSA) is 74.5 Å². The van der Waals surface area contributed by atoms with Gasteiger partial charge in [0.25, 0.3) is 0 Å². The number of rotatable bonds is 4. The smallest absolute Gasteiger partial charge is 0.318 e. The fourth-order valence-corrected chi connectivity index (χ4v) is 4.08. The van der Waals surface area contributed by atoms with Crippen LogP contribution >= 0.6 is 0 Å². The standard InChI is InChI=1S/C21H29N5O2/c1-14(2)19-23-20(28-24-19)15(3)22-21(27)26-10-8-25(9-11-26)18-12-16-6-4-5-7-17(16)13-18/h4-7,14-15,18H,8-13H2,1-3H3,(H,22,27)/t15-/m0/s1. The minimum absolute atomic E-state index is 0.0637. The highest BCUT2D eigenvalue weighted by molar-refractivity contribution is 5.74. The Hall–Kier alpha value is -2.41. The fraction of sp³-hybridized carbons (Fsp3) is 0.571. The van der Waals surface area contributed by atoms with E-state index in [0.29, 0.717) is 17.8 Å². The van der Waals surface area contributed by atoms with E-state index in [9.17, 15) is 4.79 Å². The third kappa shape index (κ3) is 3.90. The van der Waals surface area contributed by atoms with Crippen molar-refractivity contribution in [2.45, 2.75) is 51.6 Å². The van der Waals surface area contributed by atoms with Gasteiger partial charge in [-0.15, -0.1) is 0 Å². The van der Waals surface area contributed by atoms with Crippen molar-refractivity contribution in [3.8, 4) is 0 Å². The molecule has 0 radical (unpaired) electrons. The Morgan fingerprint density at radius 2 is 1.75 bits per heavy atom. The summed E-state index contributed by atoms with van der Waals surface area (Å²) in [6.45, 7) is 9.22. The van der Waals surface area contributed by atoms with Crippen LogP contribution < -0.4 is 5.32 Å². The van der Waals surface area contributed by atoms with Crippen molar-refractivity contribution in [1.29, 1.82) is 0 Å². The van der Waals surface area contributed by atoms with E-state index in [2.05, 4.69) is 44.6 Å². The molecule has 1 aliphatic carbocycles. The molecule has 2 heterocycles. The molecule has 150 valence electrons. The van der Waals surface area contributed by atoms with Gasteiger partial charge in [0.05, 0.1) is 0 Å². The molecular weight excluding hydrogens is 354 g/mol. The largest absolute Gasteiger partial charge is 0.337 e. The molecule has 0 saturated carbocycles.